The number of aryl methyl sites for hydroxylation is 1. The highest BCUT2D eigenvalue weighted by Gasteiger charge is 2.24. The summed E-state index contributed by atoms with van der Waals surface area (Å²) in [5.74, 6) is 0.513. The molecular formula is C23H20N4O4S. The Kier molecular flexibility index (Phi) is 5.83. The zero-order valence-electron chi connectivity index (χ0n) is 17.7. The fourth-order valence-corrected chi connectivity index (χ4v) is 4.31. The number of hydrogen-bond donors (Lipinski definition) is 1. The highest BCUT2D eigenvalue weighted by atomic mass is 32.2. The molecule has 2 aromatic carbocycles. The highest BCUT2D eigenvalue weighted by molar-refractivity contribution is 8.18. The largest absolute Gasteiger partial charge is 0.497 e. The third-order valence-corrected chi connectivity index (χ3v) is 5.92. The van der Waals surface area contributed by atoms with E-state index < -0.39 is 4.92 Å². The van der Waals surface area contributed by atoms with E-state index in [0.717, 1.165) is 22.7 Å². The summed E-state index contributed by atoms with van der Waals surface area (Å²) in [6, 6.07) is 15.7. The van der Waals surface area contributed by atoms with Crippen molar-refractivity contribution in [2.45, 2.75) is 13.8 Å². The second-order valence-corrected chi connectivity index (χ2v) is 8.15. The molecular weight excluding hydrogens is 428 g/mol. The number of benzene rings is 2. The minimum atomic E-state index is -0.413. The van der Waals surface area contributed by atoms with Gasteiger partial charge < -0.3 is 14.6 Å². The van der Waals surface area contributed by atoms with Crippen LogP contribution in [0.5, 0.6) is 5.75 Å². The zero-order chi connectivity index (χ0) is 22.8. The predicted molar refractivity (Wildman–Crippen MR) is 126 cm³/mol. The number of methoxy groups -OCH3 is 1. The summed E-state index contributed by atoms with van der Waals surface area (Å²) < 4.78 is 7.08. The third kappa shape index (κ3) is 4.28. The maximum absolute atomic E-state index is 12.5. The van der Waals surface area contributed by atoms with Crippen molar-refractivity contribution in [1.82, 2.24) is 9.88 Å². The standard InChI is InChI=1S/C23H20N4O4S/c1-14-11-16(15(2)26(14)18-5-4-6-19(13-18)27(29)30)12-21-22(28)25-23(32-21)24-17-7-9-20(31-3)10-8-17/h4-13H,1-3H3,(H,24,25,28)/b21-12-. The zero-order valence-corrected chi connectivity index (χ0v) is 18.5. The number of ether oxygens (including phenoxy) is 1. The topological polar surface area (TPSA) is 98.8 Å². The second-order valence-electron chi connectivity index (χ2n) is 7.12. The van der Waals surface area contributed by atoms with E-state index >= 15 is 0 Å². The predicted octanol–water partition coefficient (Wildman–Crippen LogP) is 4.90. The van der Waals surface area contributed by atoms with Crippen LogP contribution in [0.4, 0.5) is 11.4 Å². The van der Waals surface area contributed by atoms with Gasteiger partial charge in [0.05, 0.1) is 28.3 Å². The molecule has 9 heteroatoms. The number of non-ortho nitro benzene ring substituents is 1. The fourth-order valence-electron chi connectivity index (χ4n) is 3.47. The number of rotatable bonds is 5. The molecule has 8 nitrogen and oxygen atoms in total. The van der Waals surface area contributed by atoms with Crippen LogP contribution in [0.1, 0.15) is 17.0 Å². The number of carbonyl (C=O) groups excluding carboxylic acids is 1. The smallest absolute Gasteiger partial charge is 0.271 e. The molecule has 1 amide bonds. The van der Waals surface area contributed by atoms with Gasteiger partial charge in [0.2, 0.25) is 0 Å². The van der Waals surface area contributed by atoms with Crippen molar-refractivity contribution in [2.24, 2.45) is 4.99 Å². The van der Waals surface area contributed by atoms with Crippen LogP contribution in [0.3, 0.4) is 0 Å². The second kappa shape index (κ2) is 8.72. The molecule has 3 aromatic rings. The fraction of sp³-hybridized carbons (Fsp3) is 0.130. The Labute approximate surface area is 188 Å². The first-order valence-electron chi connectivity index (χ1n) is 9.73. The van der Waals surface area contributed by atoms with Crippen molar-refractivity contribution in [3.8, 4) is 11.4 Å². The molecule has 1 saturated heterocycles. The van der Waals surface area contributed by atoms with Gasteiger partial charge in [0, 0.05) is 23.5 Å². The summed E-state index contributed by atoms with van der Waals surface area (Å²) in [4.78, 5) is 28.2. The van der Waals surface area contributed by atoms with Crippen molar-refractivity contribution in [3.05, 3.63) is 86.6 Å². The molecule has 2 heterocycles. The lowest BCUT2D eigenvalue weighted by atomic mass is 10.2. The third-order valence-electron chi connectivity index (χ3n) is 5.01. The molecule has 1 N–H and O–H groups in total. The van der Waals surface area contributed by atoms with Gasteiger partial charge in [-0.15, -0.1) is 0 Å². The molecule has 1 aromatic heterocycles. The minimum absolute atomic E-state index is 0.0278. The first kappa shape index (κ1) is 21.4. The Hall–Kier alpha value is -3.85. The van der Waals surface area contributed by atoms with E-state index in [1.807, 2.05) is 48.8 Å². The van der Waals surface area contributed by atoms with Gasteiger partial charge in [0.25, 0.3) is 11.6 Å². The van der Waals surface area contributed by atoms with Crippen molar-refractivity contribution < 1.29 is 14.5 Å². The van der Waals surface area contributed by atoms with Crippen LogP contribution in [0.25, 0.3) is 11.8 Å². The van der Waals surface area contributed by atoms with E-state index in [1.165, 1.54) is 23.9 Å². The van der Waals surface area contributed by atoms with E-state index in [9.17, 15) is 14.9 Å². The molecule has 1 aliphatic rings. The number of thioether (sulfide) groups is 1. The summed E-state index contributed by atoms with van der Waals surface area (Å²) in [5, 5.41) is 14.4. The average molecular weight is 449 g/mol. The lowest BCUT2D eigenvalue weighted by Gasteiger charge is -2.09. The number of nitrogens with zero attached hydrogens (tertiary/aromatic N) is 3. The van der Waals surface area contributed by atoms with E-state index in [0.29, 0.717) is 21.4 Å². The van der Waals surface area contributed by atoms with Crippen molar-refractivity contribution in [2.75, 3.05) is 7.11 Å². The Morgan fingerprint density at radius 3 is 2.59 bits per heavy atom. The van der Waals surface area contributed by atoms with Gasteiger partial charge in [-0.2, -0.15) is 0 Å². The van der Waals surface area contributed by atoms with Crippen LogP contribution in [-0.4, -0.2) is 27.7 Å². The molecule has 0 unspecified atom stereocenters. The van der Waals surface area contributed by atoms with Gasteiger partial charge >= 0.3 is 0 Å². The Morgan fingerprint density at radius 2 is 1.91 bits per heavy atom. The molecule has 0 atom stereocenters. The average Bonchev–Trinajstić information content (AvgIpc) is 3.26. The lowest BCUT2D eigenvalue weighted by molar-refractivity contribution is -0.384. The minimum Gasteiger partial charge on any atom is -0.497 e. The summed E-state index contributed by atoms with van der Waals surface area (Å²) in [6.07, 6.45) is 1.81. The molecule has 1 fully saturated rings. The van der Waals surface area contributed by atoms with Crippen LogP contribution >= 0.6 is 11.8 Å². The van der Waals surface area contributed by atoms with E-state index in [1.54, 1.807) is 25.3 Å². The van der Waals surface area contributed by atoms with Crippen LogP contribution in [-0.2, 0) is 4.79 Å². The highest BCUT2D eigenvalue weighted by Crippen LogP contribution is 2.31. The van der Waals surface area contributed by atoms with Gasteiger partial charge in [0.1, 0.15) is 5.75 Å². The maximum atomic E-state index is 12.5. The van der Waals surface area contributed by atoms with E-state index in [-0.39, 0.29) is 11.6 Å². The number of amidine groups is 1. The van der Waals surface area contributed by atoms with Crippen LogP contribution in [0, 0.1) is 24.0 Å². The van der Waals surface area contributed by atoms with Gasteiger partial charge in [-0.05, 0) is 73.6 Å². The lowest BCUT2D eigenvalue weighted by Crippen LogP contribution is -2.19. The number of nitro benzene ring substituents is 1. The molecule has 32 heavy (non-hydrogen) atoms. The number of hydrogen-bond acceptors (Lipinski definition) is 6. The molecule has 4 rings (SSSR count). The summed E-state index contributed by atoms with van der Waals surface area (Å²) in [6.45, 7) is 3.84. The van der Waals surface area contributed by atoms with Crippen molar-refractivity contribution >= 4 is 40.3 Å². The number of aromatic nitrogens is 1. The summed E-state index contributed by atoms with van der Waals surface area (Å²) in [5.41, 5.74) is 4.08. The van der Waals surface area contributed by atoms with Crippen LogP contribution < -0.4 is 10.1 Å². The molecule has 0 radical (unpaired) electrons. The van der Waals surface area contributed by atoms with Gasteiger partial charge in [-0.1, -0.05) is 6.07 Å². The van der Waals surface area contributed by atoms with Crippen molar-refractivity contribution in [1.29, 1.82) is 0 Å². The van der Waals surface area contributed by atoms with Gasteiger partial charge in [0.15, 0.2) is 5.17 Å². The van der Waals surface area contributed by atoms with Crippen LogP contribution in [0.2, 0.25) is 0 Å². The Bertz CT molecular complexity index is 1280. The molecule has 0 bridgehead atoms. The number of nitrogens with one attached hydrogen (secondary N) is 1. The summed E-state index contributed by atoms with van der Waals surface area (Å²) >= 11 is 1.27. The monoisotopic (exact) mass is 448 g/mol. The number of nitro groups is 1. The van der Waals surface area contributed by atoms with Gasteiger partial charge in [-0.25, -0.2) is 4.99 Å². The van der Waals surface area contributed by atoms with E-state index in [4.69, 9.17) is 4.74 Å². The SMILES string of the molecule is COc1ccc(N=C2NC(=O)/C(=C/c3cc(C)n(-c4cccc([N+](=O)[O-])c4)c3C)S2)cc1. The number of aliphatic imine (C=N–C) groups is 1. The number of carbonyl (C=O) groups is 1. The Balaban J connectivity index is 1.62. The summed E-state index contributed by atoms with van der Waals surface area (Å²) in [7, 11) is 1.60. The van der Waals surface area contributed by atoms with Crippen LogP contribution in [0.15, 0.2) is 64.5 Å². The van der Waals surface area contributed by atoms with Crippen molar-refractivity contribution in [3.63, 3.8) is 0 Å². The van der Waals surface area contributed by atoms with Gasteiger partial charge in [-0.3, -0.25) is 14.9 Å². The Morgan fingerprint density at radius 1 is 1.16 bits per heavy atom. The van der Waals surface area contributed by atoms with E-state index in [2.05, 4.69) is 10.3 Å². The first-order chi connectivity index (χ1) is 15.4. The molecule has 162 valence electrons. The normalized spacial score (nSPS) is 15.9. The molecule has 0 saturated carbocycles. The quantitative estimate of drug-likeness (QED) is 0.340. The molecule has 0 spiro atoms. The molecule has 1 aliphatic heterocycles. The maximum Gasteiger partial charge on any atom is 0.271 e. The first-order valence-corrected chi connectivity index (χ1v) is 10.5. The molecule has 0 aliphatic carbocycles. The number of amides is 1.